The maximum Gasteiger partial charge on any atom is 0.321 e. The number of nitrogens with two attached hydrogens (primary N) is 1. The number of amides is 2. The molecule has 0 radical (unpaired) electrons. The fraction of sp³-hybridized carbons (Fsp3) is 0.438. The second kappa shape index (κ2) is 7.09. The van der Waals surface area contributed by atoms with Crippen LogP contribution < -0.4 is 11.1 Å². The van der Waals surface area contributed by atoms with Crippen molar-refractivity contribution in [3.8, 4) is 11.8 Å². The van der Waals surface area contributed by atoms with Crippen LogP contribution in [0.5, 0.6) is 0 Å². The van der Waals surface area contributed by atoms with E-state index in [0.29, 0.717) is 11.6 Å². The van der Waals surface area contributed by atoms with Gasteiger partial charge in [0.25, 0.3) is 0 Å². The number of nitrogens with one attached hydrogen (secondary N) is 1. The van der Waals surface area contributed by atoms with Gasteiger partial charge in [0.2, 0.25) is 0 Å². The van der Waals surface area contributed by atoms with Crippen LogP contribution in [0.15, 0.2) is 18.2 Å². The maximum atomic E-state index is 13.8. The minimum Gasteiger partial charge on any atom is -0.324 e. The minimum absolute atomic E-state index is 0.179. The highest BCUT2D eigenvalue weighted by Crippen LogP contribution is 2.18. The topological polar surface area (TPSA) is 58.4 Å². The fourth-order valence-corrected chi connectivity index (χ4v) is 2.42. The average Bonchev–Trinajstić information content (AvgIpc) is 2.46. The van der Waals surface area contributed by atoms with E-state index in [1.807, 2.05) is 0 Å². The Bertz CT molecular complexity index is 577. The van der Waals surface area contributed by atoms with Crippen LogP contribution >= 0.6 is 0 Å². The van der Waals surface area contributed by atoms with Gasteiger partial charge in [0, 0.05) is 18.8 Å². The number of piperidine rings is 1. The Morgan fingerprint density at radius 3 is 3.05 bits per heavy atom. The van der Waals surface area contributed by atoms with Gasteiger partial charge >= 0.3 is 6.03 Å². The quantitative estimate of drug-likeness (QED) is 0.780. The van der Waals surface area contributed by atoms with Crippen LogP contribution in [0.25, 0.3) is 0 Å². The van der Waals surface area contributed by atoms with E-state index < -0.39 is 5.82 Å². The van der Waals surface area contributed by atoms with E-state index >= 15 is 0 Å². The Morgan fingerprint density at radius 1 is 1.57 bits per heavy atom. The third kappa shape index (κ3) is 4.20. The maximum absolute atomic E-state index is 13.8. The average molecular weight is 289 g/mol. The van der Waals surface area contributed by atoms with E-state index in [2.05, 4.69) is 24.1 Å². The molecule has 2 rings (SSSR count). The third-order valence-electron chi connectivity index (χ3n) is 3.49. The smallest absolute Gasteiger partial charge is 0.321 e. The molecule has 21 heavy (non-hydrogen) atoms. The molecule has 1 fully saturated rings. The second-order valence-corrected chi connectivity index (χ2v) is 5.32. The van der Waals surface area contributed by atoms with Crippen LogP contribution in [-0.2, 0) is 0 Å². The first-order valence-electron chi connectivity index (χ1n) is 7.14. The van der Waals surface area contributed by atoms with Gasteiger partial charge in [0.1, 0.15) is 5.82 Å². The Balaban J connectivity index is 2.02. The van der Waals surface area contributed by atoms with Crippen molar-refractivity contribution in [2.24, 2.45) is 11.7 Å². The van der Waals surface area contributed by atoms with Gasteiger partial charge in [-0.2, -0.15) is 0 Å². The molecular formula is C16H20FN3O. The zero-order valence-corrected chi connectivity index (χ0v) is 12.2. The first kappa shape index (κ1) is 15.3. The van der Waals surface area contributed by atoms with Crippen LogP contribution in [0.1, 0.15) is 25.3 Å². The molecule has 1 atom stereocenters. The summed E-state index contributed by atoms with van der Waals surface area (Å²) in [7, 11) is 0. The molecule has 2 amide bonds. The van der Waals surface area contributed by atoms with Crippen LogP contribution in [0.3, 0.4) is 0 Å². The van der Waals surface area contributed by atoms with Crippen molar-refractivity contribution in [2.75, 3.05) is 25.0 Å². The van der Waals surface area contributed by atoms with E-state index in [-0.39, 0.29) is 18.1 Å². The summed E-state index contributed by atoms with van der Waals surface area (Å²) >= 11 is 0. The third-order valence-corrected chi connectivity index (χ3v) is 3.49. The highest BCUT2D eigenvalue weighted by atomic mass is 19.1. The highest BCUT2D eigenvalue weighted by Gasteiger charge is 2.20. The summed E-state index contributed by atoms with van der Waals surface area (Å²) in [6.45, 7) is 3.81. The molecule has 0 spiro atoms. The van der Waals surface area contributed by atoms with Crippen molar-refractivity contribution in [1.82, 2.24) is 4.90 Å². The largest absolute Gasteiger partial charge is 0.324 e. The lowest BCUT2D eigenvalue weighted by Crippen LogP contribution is -2.41. The van der Waals surface area contributed by atoms with Gasteiger partial charge in [-0.1, -0.05) is 18.8 Å². The summed E-state index contributed by atoms with van der Waals surface area (Å²) in [4.78, 5) is 13.9. The SMILES string of the molecule is CC1CCCN(C(=O)Nc2ccc(C#CCN)c(F)c2)C1. The van der Waals surface area contributed by atoms with Crippen LogP contribution in [0.2, 0.25) is 0 Å². The van der Waals surface area contributed by atoms with E-state index in [1.54, 1.807) is 17.0 Å². The molecule has 5 heteroatoms. The van der Waals surface area contributed by atoms with Crippen LogP contribution in [-0.4, -0.2) is 30.6 Å². The molecule has 1 aliphatic rings. The molecule has 0 aliphatic carbocycles. The first-order chi connectivity index (χ1) is 10.1. The number of hydrogen-bond donors (Lipinski definition) is 2. The summed E-state index contributed by atoms with van der Waals surface area (Å²) < 4.78 is 13.8. The van der Waals surface area contributed by atoms with Crippen LogP contribution in [0.4, 0.5) is 14.9 Å². The summed E-state index contributed by atoms with van der Waals surface area (Å²) in [5.41, 5.74) is 5.98. The monoisotopic (exact) mass is 289 g/mol. The lowest BCUT2D eigenvalue weighted by Gasteiger charge is -2.30. The molecule has 1 heterocycles. The van der Waals surface area contributed by atoms with Gasteiger partial charge in [0.15, 0.2) is 0 Å². The van der Waals surface area contributed by atoms with Gasteiger partial charge in [0.05, 0.1) is 12.1 Å². The van der Waals surface area contributed by atoms with E-state index in [9.17, 15) is 9.18 Å². The Hall–Kier alpha value is -2.06. The summed E-state index contributed by atoms with van der Waals surface area (Å²) in [6, 6.07) is 4.30. The number of urea groups is 1. The molecule has 1 aliphatic heterocycles. The molecule has 0 saturated carbocycles. The molecule has 112 valence electrons. The first-order valence-corrected chi connectivity index (χ1v) is 7.14. The van der Waals surface area contributed by atoms with Crippen molar-refractivity contribution >= 4 is 11.7 Å². The molecule has 1 aromatic rings. The van der Waals surface area contributed by atoms with Gasteiger partial charge in [-0.05, 0) is 37.0 Å². The van der Waals surface area contributed by atoms with E-state index in [0.717, 1.165) is 25.9 Å². The molecular weight excluding hydrogens is 269 g/mol. The normalized spacial score (nSPS) is 17.9. The number of likely N-dealkylation sites (tertiary alicyclic amines) is 1. The van der Waals surface area contributed by atoms with Crippen LogP contribution in [0, 0.1) is 23.6 Å². The fourth-order valence-electron chi connectivity index (χ4n) is 2.42. The second-order valence-electron chi connectivity index (χ2n) is 5.32. The lowest BCUT2D eigenvalue weighted by molar-refractivity contribution is 0.182. The Labute approximate surface area is 124 Å². The van der Waals surface area contributed by atoms with Gasteiger partial charge in [-0.3, -0.25) is 0 Å². The zero-order chi connectivity index (χ0) is 15.2. The summed E-state index contributed by atoms with van der Waals surface area (Å²) in [5.74, 6) is 5.31. The lowest BCUT2D eigenvalue weighted by atomic mass is 10.0. The van der Waals surface area contributed by atoms with Crippen molar-refractivity contribution in [1.29, 1.82) is 0 Å². The van der Waals surface area contributed by atoms with Crippen molar-refractivity contribution in [2.45, 2.75) is 19.8 Å². The van der Waals surface area contributed by atoms with Gasteiger partial charge in [-0.25, -0.2) is 9.18 Å². The Morgan fingerprint density at radius 2 is 2.38 bits per heavy atom. The van der Waals surface area contributed by atoms with Crippen molar-refractivity contribution in [3.05, 3.63) is 29.6 Å². The predicted octanol–water partition coefficient (Wildman–Crippen LogP) is 2.40. The molecule has 1 unspecified atom stereocenters. The number of carbonyl (C=O) groups is 1. The number of anilines is 1. The predicted molar refractivity (Wildman–Crippen MR) is 81.3 cm³/mol. The van der Waals surface area contributed by atoms with Crippen molar-refractivity contribution in [3.63, 3.8) is 0 Å². The highest BCUT2D eigenvalue weighted by molar-refractivity contribution is 5.89. The number of carbonyl (C=O) groups excluding carboxylic acids is 1. The molecule has 3 N–H and O–H groups in total. The van der Waals surface area contributed by atoms with E-state index in [1.165, 1.54) is 6.07 Å². The molecule has 1 aromatic carbocycles. The minimum atomic E-state index is -0.458. The number of benzene rings is 1. The zero-order valence-electron chi connectivity index (χ0n) is 12.2. The molecule has 0 bridgehead atoms. The van der Waals surface area contributed by atoms with Crippen molar-refractivity contribution < 1.29 is 9.18 Å². The molecule has 4 nitrogen and oxygen atoms in total. The summed E-state index contributed by atoms with van der Waals surface area (Å²) in [6.07, 6.45) is 2.16. The van der Waals surface area contributed by atoms with Gasteiger partial charge in [-0.15, -0.1) is 0 Å². The number of hydrogen-bond acceptors (Lipinski definition) is 2. The van der Waals surface area contributed by atoms with Gasteiger partial charge < -0.3 is 16.0 Å². The number of halogens is 1. The molecule has 0 aromatic heterocycles. The molecule has 1 saturated heterocycles. The number of rotatable bonds is 1. The summed E-state index contributed by atoms with van der Waals surface area (Å²) in [5, 5.41) is 2.73. The number of nitrogens with zero attached hydrogens (tertiary/aromatic N) is 1. The van der Waals surface area contributed by atoms with E-state index in [4.69, 9.17) is 5.73 Å². The standard InChI is InChI=1S/C16H20FN3O/c1-12-4-3-9-20(11-12)16(21)19-14-7-6-13(5-2-8-18)15(17)10-14/h6-7,10,12H,3-4,8-9,11,18H2,1H3,(H,19,21). The Kier molecular flexibility index (Phi) is 5.18.